The van der Waals surface area contributed by atoms with Crippen LogP contribution in [-0.2, 0) is 9.47 Å². The van der Waals surface area contributed by atoms with Gasteiger partial charge in [0.1, 0.15) is 11.9 Å². The number of hydrogen-bond acceptors (Lipinski definition) is 3. The highest BCUT2D eigenvalue weighted by Crippen LogP contribution is 2.26. The van der Waals surface area contributed by atoms with Crippen LogP contribution in [0.25, 0.3) is 0 Å². The van der Waals surface area contributed by atoms with Gasteiger partial charge in [0.2, 0.25) is 0 Å². The fourth-order valence-electron chi connectivity index (χ4n) is 1.38. The number of nitrogens with one attached hydrogen (secondary N) is 1. The molecule has 0 aromatic carbocycles. The Kier molecular flexibility index (Phi) is 1.76. The zero-order valence-electron chi connectivity index (χ0n) is 7.59. The molecule has 1 unspecified atom stereocenters. The Morgan fingerprint density at radius 1 is 1.50 bits per heavy atom. The van der Waals surface area contributed by atoms with Gasteiger partial charge >= 0.3 is 0 Å². The summed E-state index contributed by atoms with van der Waals surface area (Å²) in [6, 6.07) is 0. The van der Waals surface area contributed by atoms with Crippen LogP contribution in [0.3, 0.4) is 0 Å². The second kappa shape index (κ2) is 2.66. The highest BCUT2D eigenvalue weighted by molar-refractivity contribution is 5.08. The molecule has 2 heterocycles. The van der Waals surface area contributed by atoms with Gasteiger partial charge in [-0.15, -0.1) is 0 Å². The number of rotatable bonds is 0. The van der Waals surface area contributed by atoms with E-state index in [9.17, 15) is 0 Å². The third kappa shape index (κ3) is 1.41. The van der Waals surface area contributed by atoms with Crippen LogP contribution in [0.5, 0.6) is 0 Å². The fraction of sp³-hybridized carbons (Fsp3) is 0.778. The average molecular weight is 169 g/mol. The summed E-state index contributed by atoms with van der Waals surface area (Å²) in [6.45, 7) is 6.68. The second-order valence-electron chi connectivity index (χ2n) is 4.21. The summed E-state index contributed by atoms with van der Waals surface area (Å²) < 4.78 is 11.3. The Balaban J connectivity index is 2.08. The van der Waals surface area contributed by atoms with Gasteiger partial charge < -0.3 is 14.8 Å². The lowest BCUT2D eigenvalue weighted by molar-refractivity contribution is 0.0425. The minimum Gasteiger partial charge on any atom is -0.493 e. The molecule has 0 amide bonds. The quantitative estimate of drug-likeness (QED) is 0.583. The van der Waals surface area contributed by atoms with Crippen molar-refractivity contribution in [2.45, 2.75) is 20.0 Å². The summed E-state index contributed by atoms with van der Waals surface area (Å²) in [5, 5.41) is 3.11. The smallest absolute Gasteiger partial charge is 0.142 e. The Bertz CT molecular complexity index is 211. The molecule has 0 aromatic rings. The highest BCUT2D eigenvalue weighted by atomic mass is 16.5. The molecule has 1 fully saturated rings. The lowest BCUT2D eigenvalue weighted by Crippen LogP contribution is -2.25. The first-order chi connectivity index (χ1) is 5.67. The van der Waals surface area contributed by atoms with E-state index >= 15 is 0 Å². The molecule has 2 aliphatic heterocycles. The van der Waals surface area contributed by atoms with Crippen molar-refractivity contribution in [1.29, 1.82) is 0 Å². The summed E-state index contributed by atoms with van der Waals surface area (Å²) >= 11 is 0. The minimum absolute atomic E-state index is 0.144. The molecule has 0 aliphatic carbocycles. The van der Waals surface area contributed by atoms with E-state index < -0.39 is 0 Å². The van der Waals surface area contributed by atoms with Crippen molar-refractivity contribution >= 4 is 0 Å². The van der Waals surface area contributed by atoms with Crippen LogP contribution in [0.15, 0.2) is 12.0 Å². The Morgan fingerprint density at radius 2 is 2.33 bits per heavy atom. The van der Waals surface area contributed by atoms with E-state index in [4.69, 9.17) is 9.47 Å². The van der Waals surface area contributed by atoms with Crippen LogP contribution in [-0.4, -0.2) is 25.9 Å². The molecule has 0 spiro atoms. The summed E-state index contributed by atoms with van der Waals surface area (Å²) in [5.74, 6) is 0.959. The maximum atomic E-state index is 5.69. The second-order valence-corrected chi connectivity index (χ2v) is 4.21. The summed E-state index contributed by atoms with van der Waals surface area (Å²) in [5.41, 5.74) is 0.144. The Morgan fingerprint density at radius 3 is 3.17 bits per heavy atom. The van der Waals surface area contributed by atoms with E-state index in [2.05, 4.69) is 19.2 Å². The number of hydrogen-bond donors (Lipinski definition) is 1. The van der Waals surface area contributed by atoms with E-state index in [1.807, 2.05) is 6.20 Å². The molecule has 68 valence electrons. The molecule has 0 bridgehead atoms. The molecular formula is C9H15NO2. The van der Waals surface area contributed by atoms with Crippen molar-refractivity contribution in [3.05, 3.63) is 12.0 Å². The summed E-state index contributed by atoms with van der Waals surface area (Å²) in [4.78, 5) is 0. The first-order valence-corrected chi connectivity index (χ1v) is 4.35. The zero-order valence-corrected chi connectivity index (χ0v) is 7.59. The van der Waals surface area contributed by atoms with E-state index in [0.29, 0.717) is 0 Å². The monoisotopic (exact) mass is 169 g/mol. The molecule has 3 heteroatoms. The topological polar surface area (TPSA) is 30.5 Å². The maximum Gasteiger partial charge on any atom is 0.142 e. The van der Waals surface area contributed by atoms with Crippen molar-refractivity contribution in [2.24, 2.45) is 5.41 Å². The van der Waals surface area contributed by atoms with Gasteiger partial charge in [0.15, 0.2) is 0 Å². The zero-order chi connectivity index (χ0) is 8.60. The van der Waals surface area contributed by atoms with Crippen LogP contribution in [0, 0.1) is 5.41 Å². The Hall–Kier alpha value is -0.700. The van der Waals surface area contributed by atoms with Crippen molar-refractivity contribution in [3.8, 4) is 0 Å². The molecule has 1 saturated heterocycles. The normalized spacial score (nSPS) is 32.5. The van der Waals surface area contributed by atoms with Crippen molar-refractivity contribution in [1.82, 2.24) is 5.32 Å². The van der Waals surface area contributed by atoms with Crippen LogP contribution < -0.4 is 5.32 Å². The van der Waals surface area contributed by atoms with Gasteiger partial charge in [-0.2, -0.15) is 0 Å². The third-order valence-corrected chi connectivity index (χ3v) is 2.17. The molecule has 2 aliphatic rings. The number of fused-ring (bicyclic) bond motifs is 1. The third-order valence-electron chi connectivity index (χ3n) is 2.17. The highest BCUT2D eigenvalue weighted by Gasteiger charge is 2.31. The van der Waals surface area contributed by atoms with Gasteiger partial charge in [-0.3, -0.25) is 0 Å². The maximum absolute atomic E-state index is 5.69. The van der Waals surface area contributed by atoms with Crippen LogP contribution in [0.4, 0.5) is 0 Å². The lowest BCUT2D eigenvalue weighted by Gasteiger charge is -2.20. The van der Waals surface area contributed by atoms with E-state index in [0.717, 1.165) is 25.5 Å². The summed E-state index contributed by atoms with van der Waals surface area (Å²) in [7, 11) is 0. The standard InChI is InChI=1S/C9H15NO2/c1-9(2)5-11-7-3-10-4-8(7)12-6-9/h3,8,10H,4-6H2,1-2H3. The van der Waals surface area contributed by atoms with Gasteiger partial charge in [0.05, 0.1) is 13.2 Å². The molecule has 1 N–H and O–H groups in total. The fourth-order valence-corrected chi connectivity index (χ4v) is 1.38. The molecule has 1 atom stereocenters. The average Bonchev–Trinajstić information content (AvgIpc) is 2.40. The van der Waals surface area contributed by atoms with Crippen molar-refractivity contribution in [2.75, 3.05) is 19.8 Å². The van der Waals surface area contributed by atoms with E-state index in [1.54, 1.807) is 0 Å². The Labute approximate surface area is 72.7 Å². The predicted octanol–water partition coefficient (Wildman–Crippen LogP) is 0.873. The largest absolute Gasteiger partial charge is 0.493 e. The molecule has 12 heavy (non-hydrogen) atoms. The van der Waals surface area contributed by atoms with E-state index in [-0.39, 0.29) is 11.5 Å². The van der Waals surface area contributed by atoms with Gasteiger partial charge in [-0.25, -0.2) is 0 Å². The van der Waals surface area contributed by atoms with Crippen LogP contribution in [0.2, 0.25) is 0 Å². The van der Waals surface area contributed by atoms with Crippen LogP contribution in [0.1, 0.15) is 13.8 Å². The molecular weight excluding hydrogens is 154 g/mol. The SMILES string of the molecule is CC1(C)COC2=CNCC2OC1. The molecule has 3 nitrogen and oxygen atoms in total. The first kappa shape index (κ1) is 7.92. The lowest BCUT2D eigenvalue weighted by atomic mass is 9.97. The summed E-state index contributed by atoms with van der Waals surface area (Å²) in [6.07, 6.45) is 2.05. The molecule has 0 saturated carbocycles. The van der Waals surface area contributed by atoms with Crippen molar-refractivity contribution < 1.29 is 9.47 Å². The van der Waals surface area contributed by atoms with Gasteiger partial charge in [-0.1, -0.05) is 13.8 Å². The van der Waals surface area contributed by atoms with Crippen LogP contribution >= 0.6 is 0 Å². The van der Waals surface area contributed by atoms with Gasteiger partial charge in [0, 0.05) is 18.2 Å². The van der Waals surface area contributed by atoms with Gasteiger partial charge in [0.25, 0.3) is 0 Å². The molecule has 0 aromatic heterocycles. The van der Waals surface area contributed by atoms with Gasteiger partial charge in [-0.05, 0) is 0 Å². The number of ether oxygens (including phenoxy) is 2. The predicted molar refractivity (Wildman–Crippen MR) is 45.6 cm³/mol. The minimum atomic E-state index is 0.144. The molecule has 2 rings (SSSR count). The van der Waals surface area contributed by atoms with E-state index in [1.165, 1.54) is 0 Å². The first-order valence-electron chi connectivity index (χ1n) is 4.35. The molecule has 0 radical (unpaired) electrons. The van der Waals surface area contributed by atoms with Crippen molar-refractivity contribution in [3.63, 3.8) is 0 Å².